The van der Waals surface area contributed by atoms with Gasteiger partial charge in [-0.1, -0.05) is 47.1 Å². The van der Waals surface area contributed by atoms with Gasteiger partial charge in [0, 0.05) is 18.2 Å². The molecule has 0 atom stereocenters. The summed E-state index contributed by atoms with van der Waals surface area (Å²) in [7, 11) is 0. The first-order chi connectivity index (χ1) is 7.26. The summed E-state index contributed by atoms with van der Waals surface area (Å²) in [6, 6.07) is 8.28. The lowest BCUT2D eigenvalue weighted by molar-refractivity contribution is -0.143. The molecule has 1 aromatic carbocycles. The third kappa shape index (κ3) is 4.47. The summed E-state index contributed by atoms with van der Waals surface area (Å²) < 4.78 is 5.00. The van der Waals surface area contributed by atoms with Crippen molar-refractivity contribution in [1.29, 1.82) is 0 Å². The highest BCUT2D eigenvalue weighted by Crippen LogP contribution is 2.08. The number of carbonyl (C=O) groups is 1. The molecule has 0 fully saturated rings. The molecule has 0 aromatic heterocycles. The second kappa shape index (κ2) is 6.62. The summed E-state index contributed by atoms with van der Waals surface area (Å²) in [6.07, 6.45) is 1.23. The summed E-state index contributed by atoms with van der Waals surface area (Å²) in [5.41, 5.74) is 2.45. The van der Waals surface area contributed by atoms with Gasteiger partial charge in [-0.15, -0.1) is 0 Å². The average Bonchev–Trinajstić information content (AvgIpc) is 2.29. The van der Waals surface area contributed by atoms with Crippen LogP contribution in [0.5, 0.6) is 0 Å². The van der Waals surface area contributed by atoms with E-state index in [1.165, 1.54) is 11.1 Å². The van der Waals surface area contributed by atoms with E-state index in [2.05, 4.69) is 40.2 Å². The topological polar surface area (TPSA) is 26.3 Å². The van der Waals surface area contributed by atoms with E-state index < -0.39 is 0 Å². The number of carbonyl (C=O) groups excluding carboxylic acids is 1. The number of hydrogen-bond acceptors (Lipinski definition) is 2. The number of halogens is 1. The highest BCUT2D eigenvalue weighted by molar-refractivity contribution is 9.08. The number of ether oxygens (including phenoxy) is 1. The van der Waals surface area contributed by atoms with Crippen LogP contribution in [0.2, 0.25) is 0 Å². The predicted molar refractivity (Wildman–Crippen MR) is 64.0 cm³/mol. The molecule has 82 valence electrons. The van der Waals surface area contributed by atoms with Crippen LogP contribution in [0.25, 0.3) is 0 Å². The van der Waals surface area contributed by atoms with E-state index in [1.807, 2.05) is 0 Å². The van der Waals surface area contributed by atoms with Crippen LogP contribution in [0.3, 0.4) is 0 Å². The molecule has 2 nitrogen and oxygen atoms in total. The van der Waals surface area contributed by atoms with Crippen LogP contribution in [-0.4, -0.2) is 12.6 Å². The number of esters is 1. The zero-order valence-electron chi connectivity index (χ0n) is 8.83. The lowest BCUT2D eigenvalue weighted by Crippen LogP contribution is -2.05. The number of hydrogen-bond donors (Lipinski definition) is 0. The minimum absolute atomic E-state index is 0.132. The second-order valence-electron chi connectivity index (χ2n) is 3.27. The van der Waals surface area contributed by atoms with E-state index in [-0.39, 0.29) is 5.97 Å². The Balaban J connectivity index is 2.34. The first-order valence-electron chi connectivity index (χ1n) is 5.05. The molecule has 3 heteroatoms. The van der Waals surface area contributed by atoms with Gasteiger partial charge in [-0.05, 0) is 11.1 Å². The molecule has 15 heavy (non-hydrogen) atoms. The summed E-state index contributed by atoms with van der Waals surface area (Å²) >= 11 is 3.39. The fourth-order valence-corrected chi connectivity index (χ4v) is 1.55. The maximum Gasteiger partial charge on any atom is 0.305 e. The molecule has 1 rings (SSSR count). The maximum atomic E-state index is 10.9. The van der Waals surface area contributed by atoms with Crippen molar-refractivity contribution in [2.24, 2.45) is 0 Å². The van der Waals surface area contributed by atoms with Gasteiger partial charge >= 0.3 is 5.97 Å². The van der Waals surface area contributed by atoms with E-state index in [9.17, 15) is 4.79 Å². The van der Waals surface area contributed by atoms with Crippen molar-refractivity contribution >= 4 is 21.9 Å². The van der Waals surface area contributed by atoms with E-state index >= 15 is 0 Å². The molecule has 1 aromatic rings. The second-order valence-corrected chi connectivity index (χ2v) is 3.83. The molecule has 0 aliphatic rings. The van der Waals surface area contributed by atoms with Crippen molar-refractivity contribution in [3.63, 3.8) is 0 Å². The highest BCUT2D eigenvalue weighted by atomic mass is 79.9. The zero-order chi connectivity index (χ0) is 11.1. The summed E-state index contributed by atoms with van der Waals surface area (Å²) in [5, 5.41) is 0.873. The summed E-state index contributed by atoms with van der Waals surface area (Å²) in [6.45, 7) is 2.27. The Kier molecular flexibility index (Phi) is 5.40. The van der Waals surface area contributed by atoms with E-state index in [0.717, 1.165) is 11.8 Å². The molecule has 0 heterocycles. The van der Waals surface area contributed by atoms with Crippen LogP contribution in [-0.2, 0) is 21.3 Å². The van der Waals surface area contributed by atoms with Crippen molar-refractivity contribution in [3.05, 3.63) is 35.4 Å². The highest BCUT2D eigenvalue weighted by Gasteiger charge is 1.98. The van der Waals surface area contributed by atoms with Crippen molar-refractivity contribution in [2.45, 2.75) is 25.1 Å². The molecule has 0 unspecified atom stereocenters. The van der Waals surface area contributed by atoms with Crippen molar-refractivity contribution < 1.29 is 9.53 Å². The lowest BCUT2D eigenvalue weighted by Gasteiger charge is -2.04. The Labute approximate surface area is 98.8 Å². The molecule has 0 N–H and O–H groups in total. The van der Waals surface area contributed by atoms with Crippen LogP contribution < -0.4 is 0 Å². The Morgan fingerprint density at radius 2 is 1.87 bits per heavy atom. The maximum absolute atomic E-state index is 10.9. The molecule has 0 aliphatic carbocycles. The van der Waals surface area contributed by atoms with Crippen LogP contribution in [0, 0.1) is 0 Å². The lowest BCUT2D eigenvalue weighted by atomic mass is 10.1. The SMILES string of the molecule is CCC(=O)OCCc1ccc(CBr)cc1. The van der Waals surface area contributed by atoms with Gasteiger partial charge < -0.3 is 4.74 Å². The number of benzene rings is 1. The first-order valence-corrected chi connectivity index (χ1v) is 6.17. The molecule has 0 saturated carbocycles. The van der Waals surface area contributed by atoms with Gasteiger partial charge in [0.05, 0.1) is 6.61 Å². The van der Waals surface area contributed by atoms with Gasteiger partial charge in [0.2, 0.25) is 0 Å². The Morgan fingerprint density at radius 1 is 1.27 bits per heavy atom. The van der Waals surface area contributed by atoms with Gasteiger partial charge in [-0.25, -0.2) is 0 Å². The molecular formula is C12H15BrO2. The fourth-order valence-electron chi connectivity index (χ4n) is 1.18. The number of rotatable bonds is 5. The fraction of sp³-hybridized carbons (Fsp3) is 0.417. The quantitative estimate of drug-likeness (QED) is 0.607. The van der Waals surface area contributed by atoms with Gasteiger partial charge in [-0.3, -0.25) is 4.79 Å². The van der Waals surface area contributed by atoms with E-state index in [4.69, 9.17) is 4.74 Å². The molecule has 0 spiro atoms. The molecule has 0 saturated heterocycles. The molecule has 0 amide bonds. The van der Waals surface area contributed by atoms with Gasteiger partial charge in [0.25, 0.3) is 0 Å². The zero-order valence-corrected chi connectivity index (χ0v) is 10.4. The van der Waals surface area contributed by atoms with Gasteiger partial charge in [0.1, 0.15) is 0 Å². The first kappa shape index (κ1) is 12.2. The van der Waals surface area contributed by atoms with E-state index in [1.54, 1.807) is 6.92 Å². The minimum Gasteiger partial charge on any atom is -0.465 e. The third-order valence-electron chi connectivity index (χ3n) is 2.12. The number of alkyl halides is 1. The van der Waals surface area contributed by atoms with Crippen molar-refractivity contribution in [2.75, 3.05) is 6.61 Å². The largest absolute Gasteiger partial charge is 0.465 e. The summed E-state index contributed by atoms with van der Waals surface area (Å²) in [5.74, 6) is -0.132. The Bertz CT molecular complexity index is 306. The van der Waals surface area contributed by atoms with Crippen molar-refractivity contribution in [3.8, 4) is 0 Å². The van der Waals surface area contributed by atoms with Crippen LogP contribution >= 0.6 is 15.9 Å². The van der Waals surface area contributed by atoms with E-state index in [0.29, 0.717) is 13.0 Å². The van der Waals surface area contributed by atoms with Crippen LogP contribution in [0.1, 0.15) is 24.5 Å². The summed E-state index contributed by atoms with van der Waals surface area (Å²) in [4.78, 5) is 10.9. The average molecular weight is 271 g/mol. The minimum atomic E-state index is -0.132. The molecule has 0 bridgehead atoms. The van der Waals surface area contributed by atoms with Gasteiger partial charge in [-0.2, -0.15) is 0 Å². The predicted octanol–water partition coefficient (Wildman–Crippen LogP) is 3.08. The Morgan fingerprint density at radius 3 is 2.40 bits per heavy atom. The molecule has 0 aliphatic heterocycles. The molecule has 0 radical (unpaired) electrons. The normalized spacial score (nSPS) is 10.0. The van der Waals surface area contributed by atoms with Gasteiger partial charge in [0.15, 0.2) is 0 Å². The van der Waals surface area contributed by atoms with Crippen LogP contribution in [0.4, 0.5) is 0 Å². The van der Waals surface area contributed by atoms with Crippen molar-refractivity contribution in [1.82, 2.24) is 0 Å². The standard InChI is InChI=1S/C12H15BrO2/c1-2-12(14)15-8-7-10-3-5-11(9-13)6-4-10/h3-6H,2,7-9H2,1H3. The smallest absolute Gasteiger partial charge is 0.305 e. The van der Waals surface area contributed by atoms with Crippen LogP contribution in [0.15, 0.2) is 24.3 Å². The monoisotopic (exact) mass is 270 g/mol. The molecular weight excluding hydrogens is 256 g/mol. The third-order valence-corrected chi connectivity index (χ3v) is 2.77. The Hall–Kier alpha value is -0.830.